The molecule has 3 aromatic rings. The molecule has 0 aliphatic carbocycles. The van der Waals surface area contributed by atoms with Crippen LogP contribution in [0.3, 0.4) is 0 Å². The molecule has 0 spiro atoms. The fraction of sp³-hybridized carbons (Fsp3) is 0.250. The number of nitrogens with one attached hydrogen (secondary N) is 1. The Bertz CT molecular complexity index is 1190. The van der Waals surface area contributed by atoms with E-state index in [-0.39, 0.29) is 19.8 Å². The van der Waals surface area contributed by atoms with E-state index in [1.807, 2.05) is 30.3 Å². The molecule has 1 unspecified atom stereocenters. The van der Waals surface area contributed by atoms with Crippen molar-refractivity contribution < 1.29 is 28.5 Å². The van der Waals surface area contributed by atoms with Crippen molar-refractivity contribution in [1.29, 1.82) is 5.26 Å². The molecule has 0 fully saturated rings. The van der Waals surface area contributed by atoms with Crippen LogP contribution in [-0.4, -0.2) is 31.8 Å². The van der Waals surface area contributed by atoms with Crippen LogP contribution in [0.2, 0.25) is 0 Å². The van der Waals surface area contributed by atoms with Gasteiger partial charge in [-0.25, -0.2) is 9.59 Å². The van der Waals surface area contributed by atoms with Gasteiger partial charge in [0.2, 0.25) is 0 Å². The maximum absolute atomic E-state index is 13.0. The van der Waals surface area contributed by atoms with E-state index in [2.05, 4.69) is 11.4 Å². The van der Waals surface area contributed by atoms with E-state index in [0.29, 0.717) is 34.9 Å². The monoisotopic (exact) mass is 488 g/mol. The number of hydrogen-bond acceptors (Lipinski definition) is 8. The first-order chi connectivity index (χ1) is 17.5. The van der Waals surface area contributed by atoms with Crippen LogP contribution in [0.4, 0.5) is 5.69 Å². The Morgan fingerprint density at radius 2 is 1.64 bits per heavy atom. The van der Waals surface area contributed by atoms with Gasteiger partial charge in [-0.05, 0) is 61.9 Å². The quantitative estimate of drug-likeness (QED) is 0.363. The molecule has 8 nitrogen and oxygen atoms in total. The van der Waals surface area contributed by atoms with Gasteiger partial charge < -0.3 is 24.3 Å². The van der Waals surface area contributed by atoms with Crippen LogP contribution < -0.4 is 14.8 Å². The predicted molar refractivity (Wildman–Crippen MR) is 133 cm³/mol. The van der Waals surface area contributed by atoms with Gasteiger partial charge in [0.1, 0.15) is 18.1 Å². The topological polar surface area (TPSA) is 107 Å². The summed E-state index contributed by atoms with van der Waals surface area (Å²) >= 11 is 0. The molecule has 8 heteroatoms. The molecule has 0 saturated heterocycles. The Kier molecular flexibility index (Phi) is 9.71. The Labute approximate surface area is 210 Å². The van der Waals surface area contributed by atoms with E-state index in [9.17, 15) is 9.59 Å². The van der Waals surface area contributed by atoms with Crippen LogP contribution in [0.15, 0.2) is 72.8 Å². The van der Waals surface area contributed by atoms with Crippen molar-refractivity contribution in [2.45, 2.75) is 26.5 Å². The van der Waals surface area contributed by atoms with E-state index >= 15 is 0 Å². The lowest BCUT2D eigenvalue weighted by Crippen LogP contribution is -2.25. The predicted octanol–water partition coefficient (Wildman–Crippen LogP) is 4.80. The molecular formula is C28H28N2O6. The standard InChI is InChI=1S/C28H28N2O6/c1-3-33-26(31)19-36-25-15-14-23(35-18-21-8-6-5-7-9-21)16-24(25)27(28(32)34-4-2)30-22-12-10-20(17-29)11-13-22/h5-16,27,30H,3-4,18-19H2,1-2H3. The molecule has 0 aliphatic heterocycles. The number of benzene rings is 3. The zero-order valence-corrected chi connectivity index (χ0v) is 20.2. The fourth-order valence-corrected chi connectivity index (χ4v) is 3.35. The summed E-state index contributed by atoms with van der Waals surface area (Å²) < 4.78 is 22.0. The second-order valence-corrected chi connectivity index (χ2v) is 7.59. The third-order valence-electron chi connectivity index (χ3n) is 5.04. The summed E-state index contributed by atoms with van der Waals surface area (Å²) in [5.41, 5.74) is 2.49. The number of nitriles is 1. The second-order valence-electron chi connectivity index (χ2n) is 7.59. The normalized spacial score (nSPS) is 11.0. The van der Waals surface area contributed by atoms with Gasteiger partial charge in [-0.15, -0.1) is 0 Å². The summed E-state index contributed by atoms with van der Waals surface area (Å²) in [6.07, 6.45) is 0. The summed E-state index contributed by atoms with van der Waals surface area (Å²) in [4.78, 5) is 24.9. The molecule has 0 amide bonds. The minimum Gasteiger partial charge on any atom is -0.489 e. The van der Waals surface area contributed by atoms with E-state index in [4.69, 9.17) is 24.2 Å². The van der Waals surface area contributed by atoms with Gasteiger partial charge in [0.15, 0.2) is 12.6 Å². The maximum Gasteiger partial charge on any atom is 0.344 e. The summed E-state index contributed by atoms with van der Waals surface area (Å²) in [5.74, 6) is -0.258. The minimum absolute atomic E-state index is 0.174. The van der Waals surface area contributed by atoms with Crippen molar-refractivity contribution in [3.05, 3.63) is 89.5 Å². The van der Waals surface area contributed by atoms with Crippen molar-refractivity contribution in [3.8, 4) is 17.6 Å². The summed E-state index contributed by atoms with van der Waals surface area (Å²) in [6, 6.07) is 22.5. The third-order valence-corrected chi connectivity index (χ3v) is 5.04. The number of esters is 2. The summed E-state index contributed by atoms with van der Waals surface area (Å²) in [7, 11) is 0. The first kappa shape index (κ1) is 26.1. The smallest absolute Gasteiger partial charge is 0.344 e. The first-order valence-corrected chi connectivity index (χ1v) is 11.6. The maximum atomic E-state index is 13.0. The Balaban J connectivity index is 1.94. The molecule has 3 aromatic carbocycles. The van der Waals surface area contributed by atoms with E-state index < -0.39 is 18.0 Å². The van der Waals surface area contributed by atoms with Gasteiger partial charge in [-0.1, -0.05) is 30.3 Å². The van der Waals surface area contributed by atoms with Crippen molar-refractivity contribution >= 4 is 17.6 Å². The van der Waals surface area contributed by atoms with Crippen LogP contribution >= 0.6 is 0 Å². The van der Waals surface area contributed by atoms with Gasteiger partial charge in [0, 0.05) is 11.3 Å². The van der Waals surface area contributed by atoms with Crippen LogP contribution in [0.1, 0.15) is 36.6 Å². The zero-order chi connectivity index (χ0) is 25.8. The lowest BCUT2D eigenvalue weighted by molar-refractivity contribution is -0.145. The number of nitrogens with zero attached hydrogens (tertiary/aromatic N) is 1. The van der Waals surface area contributed by atoms with Gasteiger partial charge in [-0.3, -0.25) is 0 Å². The molecule has 1 N–H and O–H groups in total. The highest BCUT2D eigenvalue weighted by atomic mass is 16.6. The van der Waals surface area contributed by atoms with E-state index in [1.54, 1.807) is 56.3 Å². The molecule has 0 heterocycles. The largest absolute Gasteiger partial charge is 0.489 e. The Hall–Kier alpha value is -4.51. The molecule has 1 atom stereocenters. The number of hydrogen-bond donors (Lipinski definition) is 1. The molecule has 0 aliphatic rings. The van der Waals surface area contributed by atoms with Crippen LogP contribution in [-0.2, 0) is 25.7 Å². The van der Waals surface area contributed by atoms with Crippen LogP contribution in [0.5, 0.6) is 11.5 Å². The van der Waals surface area contributed by atoms with Crippen molar-refractivity contribution in [2.24, 2.45) is 0 Å². The highest BCUT2D eigenvalue weighted by Gasteiger charge is 2.27. The lowest BCUT2D eigenvalue weighted by atomic mass is 10.0. The third kappa shape index (κ3) is 7.50. The van der Waals surface area contributed by atoms with E-state index in [1.165, 1.54) is 0 Å². The molecular weight excluding hydrogens is 460 g/mol. The van der Waals surface area contributed by atoms with Gasteiger partial charge in [0.05, 0.1) is 24.8 Å². The minimum atomic E-state index is -0.977. The Morgan fingerprint density at radius 3 is 2.31 bits per heavy atom. The summed E-state index contributed by atoms with van der Waals surface area (Å²) in [5, 5.41) is 12.2. The molecule has 36 heavy (non-hydrogen) atoms. The number of anilines is 1. The lowest BCUT2D eigenvalue weighted by Gasteiger charge is -2.22. The molecule has 3 rings (SSSR count). The second kappa shape index (κ2) is 13.4. The van der Waals surface area contributed by atoms with Gasteiger partial charge in [0.25, 0.3) is 0 Å². The SMILES string of the molecule is CCOC(=O)COc1ccc(OCc2ccccc2)cc1C(Nc1ccc(C#N)cc1)C(=O)OCC. The molecule has 0 radical (unpaired) electrons. The number of carbonyl (C=O) groups is 2. The molecule has 0 aromatic heterocycles. The number of rotatable bonds is 12. The highest BCUT2D eigenvalue weighted by Crippen LogP contribution is 2.33. The first-order valence-electron chi connectivity index (χ1n) is 11.6. The molecule has 186 valence electrons. The zero-order valence-electron chi connectivity index (χ0n) is 20.2. The average Bonchev–Trinajstić information content (AvgIpc) is 2.91. The van der Waals surface area contributed by atoms with Crippen LogP contribution in [0.25, 0.3) is 0 Å². The number of ether oxygens (including phenoxy) is 4. The highest BCUT2D eigenvalue weighted by molar-refractivity contribution is 5.82. The Morgan fingerprint density at radius 1 is 0.917 bits per heavy atom. The summed E-state index contributed by atoms with van der Waals surface area (Å²) in [6.45, 7) is 3.84. The van der Waals surface area contributed by atoms with Crippen molar-refractivity contribution in [2.75, 3.05) is 25.1 Å². The van der Waals surface area contributed by atoms with Crippen molar-refractivity contribution in [3.63, 3.8) is 0 Å². The van der Waals surface area contributed by atoms with E-state index in [0.717, 1.165) is 5.56 Å². The number of carbonyl (C=O) groups excluding carboxylic acids is 2. The van der Waals surface area contributed by atoms with Crippen molar-refractivity contribution in [1.82, 2.24) is 0 Å². The fourth-order valence-electron chi connectivity index (χ4n) is 3.35. The average molecular weight is 489 g/mol. The molecule has 0 bridgehead atoms. The van der Waals surface area contributed by atoms with Crippen LogP contribution in [0, 0.1) is 11.3 Å². The molecule has 0 saturated carbocycles. The van der Waals surface area contributed by atoms with Gasteiger partial charge in [-0.2, -0.15) is 5.26 Å². The van der Waals surface area contributed by atoms with Gasteiger partial charge >= 0.3 is 11.9 Å².